The normalized spacial score (nSPS) is 13.7. The lowest BCUT2D eigenvalue weighted by molar-refractivity contribution is 0.636. The summed E-state index contributed by atoms with van der Waals surface area (Å²) in [6.45, 7) is 1.13. The topological polar surface area (TPSA) is 36.5 Å². The van der Waals surface area contributed by atoms with E-state index in [0.29, 0.717) is 0 Å². The van der Waals surface area contributed by atoms with Crippen LogP contribution in [-0.2, 0) is 13.0 Å². The summed E-state index contributed by atoms with van der Waals surface area (Å²) in [4.78, 5) is 6.75. The number of nitrogens with one attached hydrogen (secondary N) is 2. The van der Waals surface area contributed by atoms with Crippen LogP contribution >= 0.6 is 15.9 Å². The lowest BCUT2D eigenvalue weighted by Gasteiger charge is -2.17. The van der Waals surface area contributed by atoms with Crippen molar-refractivity contribution in [1.29, 1.82) is 0 Å². The van der Waals surface area contributed by atoms with Crippen LogP contribution in [0.4, 0.5) is 0 Å². The van der Waals surface area contributed by atoms with Crippen molar-refractivity contribution in [3.8, 4) is 22.3 Å². The number of aromatic amines is 2. The van der Waals surface area contributed by atoms with Crippen molar-refractivity contribution in [2.45, 2.75) is 19.4 Å². The second-order valence-corrected chi connectivity index (χ2v) is 8.28. The average Bonchev–Trinajstić information content (AvgIpc) is 3.40. The molecule has 27 heavy (non-hydrogen) atoms. The van der Waals surface area contributed by atoms with Gasteiger partial charge in [-0.05, 0) is 60.4 Å². The molecule has 0 amide bonds. The van der Waals surface area contributed by atoms with Crippen LogP contribution in [0.15, 0.2) is 65.7 Å². The molecule has 0 unspecified atom stereocenters. The smallest absolute Gasteiger partial charge is 0.0513 e. The van der Waals surface area contributed by atoms with Crippen LogP contribution in [-0.4, -0.2) is 14.5 Å². The fourth-order valence-electron chi connectivity index (χ4n) is 4.55. The maximum absolute atomic E-state index is 3.61. The number of fused-ring (bicyclic) bond motifs is 1. The first-order chi connectivity index (χ1) is 13.3. The van der Waals surface area contributed by atoms with Gasteiger partial charge in [-0.2, -0.15) is 0 Å². The molecule has 0 saturated carbocycles. The highest BCUT2D eigenvalue weighted by Gasteiger charge is 2.17. The van der Waals surface area contributed by atoms with Gasteiger partial charge in [-0.3, -0.25) is 0 Å². The Balaban J connectivity index is 1.57. The van der Waals surface area contributed by atoms with Gasteiger partial charge in [0.05, 0.1) is 5.52 Å². The number of hydrogen-bond acceptors (Lipinski definition) is 0. The van der Waals surface area contributed by atoms with Crippen molar-refractivity contribution < 1.29 is 0 Å². The third kappa shape index (κ3) is 2.26. The molecule has 4 heterocycles. The molecule has 0 radical (unpaired) electrons. The van der Waals surface area contributed by atoms with Crippen molar-refractivity contribution in [2.75, 3.05) is 0 Å². The van der Waals surface area contributed by atoms with Gasteiger partial charge in [-0.15, -0.1) is 0 Å². The van der Waals surface area contributed by atoms with E-state index in [9.17, 15) is 0 Å². The van der Waals surface area contributed by atoms with Gasteiger partial charge in [-0.25, -0.2) is 0 Å². The van der Waals surface area contributed by atoms with E-state index in [-0.39, 0.29) is 0 Å². The first kappa shape index (κ1) is 15.3. The predicted molar refractivity (Wildman–Crippen MR) is 115 cm³/mol. The van der Waals surface area contributed by atoms with Crippen LogP contribution in [0.5, 0.6) is 0 Å². The molecule has 0 fully saturated rings. The Labute approximate surface area is 165 Å². The number of aryl methyl sites for hydroxylation is 2. The van der Waals surface area contributed by atoms with E-state index in [2.05, 4.69) is 91.7 Å². The number of hydrogen-bond donors (Lipinski definition) is 2. The zero-order valence-electron chi connectivity index (χ0n) is 14.7. The summed E-state index contributed by atoms with van der Waals surface area (Å²) in [5, 5.41) is 2.58. The van der Waals surface area contributed by atoms with E-state index < -0.39 is 0 Å². The molecule has 0 spiro atoms. The molecule has 6 rings (SSSR count). The Morgan fingerprint density at radius 3 is 2.81 bits per heavy atom. The van der Waals surface area contributed by atoms with Crippen molar-refractivity contribution in [1.82, 2.24) is 14.5 Å². The molecule has 3 nitrogen and oxygen atoms in total. The largest absolute Gasteiger partial charge is 0.366 e. The Morgan fingerprint density at radius 2 is 1.85 bits per heavy atom. The second kappa shape index (κ2) is 5.64. The first-order valence-electron chi connectivity index (χ1n) is 9.34. The summed E-state index contributed by atoms with van der Waals surface area (Å²) in [7, 11) is 0. The Morgan fingerprint density at radius 1 is 0.926 bits per heavy atom. The molecule has 132 valence electrons. The maximum Gasteiger partial charge on any atom is 0.0513 e. The minimum Gasteiger partial charge on any atom is -0.366 e. The summed E-state index contributed by atoms with van der Waals surface area (Å²) < 4.78 is 3.49. The molecule has 5 aromatic rings. The van der Waals surface area contributed by atoms with Gasteiger partial charge in [0.25, 0.3) is 0 Å². The fraction of sp³-hybridized carbons (Fsp3) is 0.130. The van der Waals surface area contributed by atoms with Crippen LogP contribution in [0.2, 0.25) is 0 Å². The molecule has 1 aliphatic heterocycles. The minimum absolute atomic E-state index is 1.10. The van der Waals surface area contributed by atoms with Crippen LogP contribution < -0.4 is 0 Å². The summed E-state index contributed by atoms with van der Waals surface area (Å²) in [5.74, 6) is 0. The maximum atomic E-state index is 3.61. The fourth-order valence-corrected chi connectivity index (χ4v) is 4.92. The summed E-state index contributed by atoms with van der Waals surface area (Å²) in [6.07, 6.45) is 11.0. The number of nitrogens with zero attached hydrogens (tertiary/aromatic N) is 1. The lowest BCUT2D eigenvalue weighted by Crippen LogP contribution is -2.06. The zero-order valence-corrected chi connectivity index (χ0v) is 16.3. The quantitative estimate of drug-likeness (QED) is 0.330. The molecular formula is C23H18BrN3. The van der Waals surface area contributed by atoms with Crippen LogP contribution in [0, 0.1) is 0 Å². The molecular weight excluding hydrogens is 398 g/mol. The van der Waals surface area contributed by atoms with Crippen molar-refractivity contribution in [2.24, 2.45) is 0 Å². The highest BCUT2D eigenvalue weighted by atomic mass is 79.9. The highest BCUT2D eigenvalue weighted by Crippen LogP contribution is 2.39. The van der Waals surface area contributed by atoms with Gasteiger partial charge in [-0.1, -0.05) is 15.9 Å². The van der Waals surface area contributed by atoms with E-state index in [1.54, 1.807) is 0 Å². The molecule has 3 aromatic heterocycles. The molecule has 0 bridgehead atoms. The van der Waals surface area contributed by atoms with Crippen LogP contribution in [0.3, 0.4) is 0 Å². The number of benzene rings is 2. The van der Waals surface area contributed by atoms with Crippen molar-refractivity contribution in [3.05, 3.63) is 71.2 Å². The highest BCUT2D eigenvalue weighted by molar-refractivity contribution is 9.10. The number of halogens is 1. The molecule has 2 aromatic carbocycles. The van der Waals surface area contributed by atoms with E-state index in [1.807, 2.05) is 0 Å². The number of rotatable bonds is 2. The minimum atomic E-state index is 1.10. The molecule has 2 N–H and O–H groups in total. The van der Waals surface area contributed by atoms with Gasteiger partial charge in [0.15, 0.2) is 0 Å². The molecule has 0 aliphatic carbocycles. The Kier molecular flexibility index (Phi) is 3.20. The summed E-state index contributed by atoms with van der Waals surface area (Å²) in [5.41, 5.74) is 9.05. The van der Waals surface area contributed by atoms with Gasteiger partial charge < -0.3 is 14.5 Å². The van der Waals surface area contributed by atoms with E-state index in [4.69, 9.17) is 0 Å². The predicted octanol–water partition coefficient (Wildman–Crippen LogP) is 6.49. The van der Waals surface area contributed by atoms with Gasteiger partial charge >= 0.3 is 0 Å². The van der Waals surface area contributed by atoms with Crippen molar-refractivity contribution in [3.63, 3.8) is 0 Å². The second-order valence-electron chi connectivity index (χ2n) is 7.36. The standard InChI is InChI=1S/C23H18BrN3/c24-17-3-4-22-18(10-17)21(13-26-22)20-12-25-11-19(20)16-8-14-2-1-6-27-7-5-15(9-16)23(14)27/h3-5,7-13,25-26H,1-2,6H2. The average molecular weight is 416 g/mol. The van der Waals surface area contributed by atoms with E-state index in [0.717, 1.165) is 23.0 Å². The SMILES string of the molecule is Brc1ccc2[nH]cc(-c3c[nH]cc3-c3cc4c5c(ccn5CCC4)c3)c2c1. The third-order valence-electron chi connectivity index (χ3n) is 5.78. The van der Waals surface area contributed by atoms with Crippen molar-refractivity contribution >= 4 is 37.7 Å². The molecule has 1 aliphatic rings. The van der Waals surface area contributed by atoms with Crippen LogP contribution in [0.25, 0.3) is 44.1 Å². The first-order valence-corrected chi connectivity index (χ1v) is 10.1. The lowest BCUT2D eigenvalue weighted by atomic mass is 9.94. The number of aromatic nitrogens is 3. The van der Waals surface area contributed by atoms with Crippen LogP contribution in [0.1, 0.15) is 12.0 Å². The third-order valence-corrected chi connectivity index (χ3v) is 6.27. The van der Waals surface area contributed by atoms with E-state index >= 15 is 0 Å². The summed E-state index contributed by atoms with van der Waals surface area (Å²) >= 11 is 3.61. The Hall–Kier alpha value is -2.72. The molecule has 0 saturated heterocycles. The van der Waals surface area contributed by atoms with Gasteiger partial charge in [0, 0.05) is 68.8 Å². The molecule has 0 atom stereocenters. The monoisotopic (exact) mass is 415 g/mol. The van der Waals surface area contributed by atoms with Gasteiger partial charge in [0.2, 0.25) is 0 Å². The summed E-state index contributed by atoms with van der Waals surface area (Å²) in [6, 6.07) is 13.3. The zero-order chi connectivity index (χ0) is 18.0. The van der Waals surface area contributed by atoms with E-state index in [1.165, 1.54) is 50.5 Å². The number of H-pyrrole nitrogens is 2. The Bertz CT molecular complexity index is 1320. The van der Waals surface area contributed by atoms with Gasteiger partial charge in [0.1, 0.15) is 0 Å². The molecule has 4 heteroatoms.